The molecular weight excluding hydrogens is 146 g/mol. The molecule has 0 bridgehead atoms. The minimum atomic E-state index is 0.701. The lowest BCUT2D eigenvalue weighted by Crippen LogP contribution is -2.22. The zero-order valence-electron chi connectivity index (χ0n) is 9.19. The van der Waals surface area contributed by atoms with Crippen molar-refractivity contribution in [2.45, 2.75) is 52.9 Å². The van der Waals surface area contributed by atoms with Crippen molar-refractivity contribution in [1.82, 2.24) is 0 Å². The molecule has 74 valence electrons. The fourth-order valence-electron chi connectivity index (χ4n) is 1.81. The van der Waals surface area contributed by atoms with E-state index in [1.165, 1.54) is 39.2 Å². The molecule has 1 nitrogen and oxygen atoms in total. The minimum Gasteiger partial charge on any atom is -0.333 e. The van der Waals surface area contributed by atoms with Gasteiger partial charge in [0.25, 0.3) is 0 Å². The van der Waals surface area contributed by atoms with E-state index < -0.39 is 0 Å². The van der Waals surface area contributed by atoms with E-state index in [0.717, 1.165) is 5.92 Å². The summed E-state index contributed by atoms with van der Waals surface area (Å²) in [5, 5.41) is 0. The Balaban J connectivity index is 0.000000561. The van der Waals surface area contributed by atoms with Crippen LogP contribution in [0.2, 0.25) is 0 Å². The van der Waals surface area contributed by atoms with Crippen LogP contribution in [0.5, 0.6) is 0 Å². The maximum atomic E-state index is 4.50. The maximum absolute atomic E-state index is 4.50. The van der Waals surface area contributed by atoms with Gasteiger partial charge in [0.05, 0.1) is 0 Å². The van der Waals surface area contributed by atoms with Gasteiger partial charge in [-0.25, -0.2) is 0 Å². The standard InChI is InChI=1S/C10H20.CH5N/c1-4-10(3)7-5-9(2)6-8-10;1-2/h9H,4-8H2,1-3H3;2H2,1H3. The summed E-state index contributed by atoms with van der Waals surface area (Å²) in [6.07, 6.45) is 7.23. The van der Waals surface area contributed by atoms with Gasteiger partial charge in [-0.15, -0.1) is 0 Å². The van der Waals surface area contributed by atoms with Gasteiger partial charge in [-0.3, -0.25) is 0 Å². The molecule has 0 atom stereocenters. The molecule has 0 aromatic rings. The highest BCUT2D eigenvalue weighted by Crippen LogP contribution is 2.40. The zero-order valence-corrected chi connectivity index (χ0v) is 9.19. The van der Waals surface area contributed by atoms with Gasteiger partial charge in [0.1, 0.15) is 0 Å². The van der Waals surface area contributed by atoms with Crippen LogP contribution in [0.3, 0.4) is 0 Å². The van der Waals surface area contributed by atoms with E-state index in [-0.39, 0.29) is 0 Å². The molecule has 0 aromatic carbocycles. The Morgan fingerprint density at radius 2 is 1.67 bits per heavy atom. The lowest BCUT2D eigenvalue weighted by Gasteiger charge is -2.35. The normalized spacial score (nSPS) is 35.2. The molecule has 0 aromatic heterocycles. The Labute approximate surface area is 77.7 Å². The minimum absolute atomic E-state index is 0.701. The quantitative estimate of drug-likeness (QED) is 0.644. The molecule has 1 heteroatoms. The van der Waals surface area contributed by atoms with Gasteiger partial charge in [0.2, 0.25) is 0 Å². The lowest BCUT2D eigenvalue weighted by atomic mass is 9.71. The summed E-state index contributed by atoms with van der Waals surface area (Å²) in [6.45, 7) is 7.16. The number of rotatable bonds is 1. The average molecular weight is 171 g/mol. The average Bonchev–Trinajstić information content (AvgIpc) is 2.14. The SMILES string of the molecule is CCC1(C)CCC(C)CC1.CN. The summed E-state index contributed by atoms with van der Waals surface area (Å²) in [5.41, 5.74) is 5.20. The van der Waals surface area contributed by atoms with Crippen LogP contribution >= 0.6 is 0 Å². The van der Waals surface area contributed by atoms with Crippen LogP contribution in [0, 0.1) is 11.3 Å². The largest absolute Gasteiger partial charge is 0.333 e. The van der Waals surface area contributed by atoms with Gasteiger partial charge in [-0.1, -0.05) is 40.0 Å². The first kappa shape index (κ1) is 12.0. The van der Waals surface area contributed by atoms with Crippen molar-refractivity contribution in [2.75, 3.05) is 7.05 Å². The summed E-state index contributed by atoms with van der Waals surface area (Å²) in [4.78, 5) is 0. The molecule has 1 aliphatic rings. The molecule has 1 saturated carbocycles. The second-order valence-electron chi connectivity index (χ2n) is 4.35. The van der Waals surface area contributed by atoms with Crippen LogP contribution in [0.1, 0.15) is 52.9 Å². The van der Waals surface area contributed by atoms with Crippen molar-refractivity contribution < 1.29 is 0 Å². The monoisotopic (exact) mass is 171 g/mol. The predicted molar refractivity (Wildman–Crippen MR) is 56.1 cm³/mol. The summed E-state index contributed by atoms with van der Waals surface area (Å²) in [6, 6.07) is 0. The molecule has 0 radical (unpaired) electrons. The van der Waals surface area contributed by atoms with Crippen LogP contribution in [-0.2, 0) is 0 Å². The van der Waals surface area contributed by atoms with Crippen LogP contribution in [0.15, 0.2) is 0 Å². The maximum Gasteiger partial charge on any atom is -0.0195 e. The summed E-state index contributed by atoms with van der Waals surface area (Å²) in [7, 11) is 1.50. The first-order valence-electron chi connectivity index (χ1n) is 5.24. The first-order chi connectivity index (χ1) is 5.66. The number of nitrogens with two attached hydrogens (primary N) is 1. The van der Waals surface area contributed by atoms with E-state index in [1.54, 1.807) is 0 Å². The summed E-state index contributed by atoms with van der Waals surface area (Å²) < 4.78 is 0. The van der Waals surface area contributed by atoms with Gasteiger partial charge in [-0.2, -0.15) is 0 Å². The van der Waals surface area contributed by atoms with Crippen LogP contribution in [-0.4, -0.2) is 7.05 Å². The second kappa shape index (κ2) is 5.58. The van der Waals surface area contributed by atoms with Gasteiger partial charge in [0.15, 0.2) is 0 Å². The zero-order chi connectivity index (χ0) is 9.61. The Morgan fingerprint density at radius 3 is 2.00 bits per heavy atom. The number of hydrogen-bond acceptors (Lipinski definition) is 1. The highest BCUT2D eigenvalue weighted by atomic mass is 14.4. The van der Waals surface area contributed by atoms with Gasteiger partial charge >= 0.3 is 0 Å². The molecule has 0 saturated heterocycles. The Morgan fingerprint density at radius 1 is 1.25 bits per heavy atom. The van der Waals surface area contributed by atoms with E-state index in [2.05, 4.69) is 26.5 Å². The third-order valence-corrected chi connectivity index (χ3v) is 3.33. The van der Waals surface area contributed by atoms with Gasteiger partial charge in [0, 0.05) is 0 Å². The third kappa shape index (κ3) is 3.57. The van der Waals surface area contributed by atoms with E-state index in [1.807, 2.05) is 0 Å². The molecule has 0 unspecified atom stereocenters. The van der Waals surface area contributed by atoms with E-state index in [4.69, 9.17) is 0 Å². The van der Waals surface area contributed by atoms with Crippen molar-refractivity contribution >= 4 is 0 Å². The molecule has 1 fully saturated rings. The van der Waals surface area contributed by atoms with E-state index in [0.29, 0.717) is 5.41 Å². The second-order valence-corrected chi connectivity index (χ2v) is 4.35. The molecular formula is C11H25N. The highest BCUT2D eigenvalue weighted by molar-refractivity contribution is 4.79. The Kier molecular flexibility index (Phi) is 5.56. The Bertz CT molecular complexity index is 102. The molecule has 0 heterocycles. The summed E-state index contributed by atoms with van der Waals surface area (Å²) in [5.74, 6) is 1.000. The highest BCUT2D eigenvalue weighted by Gasteiger charge is 2.27. The predicted octanol–water partition coefficient (Wildman–Crippen LogP) is 3.19. The van der Waals surface area contributed by atoms with E-state index in [9.17, 15) is 0 Å². The molecule has 1 rings (SSSR count). The first-order valence-corrected chi connectivity index (χ1v) is 5.24. The van der Waals surface area contributed by atoms with Crippen LogP contribution < -0.4 is 5.73 Å². The van der Waals surface area contributed by atoms with Gasteiger partial charge in [-0.05, 0) is 31.2 Å². The van der Waals surface area contributed by atoms with Crippen molar-refractivity contribution in [3.63, 3.8) is 0 Å². The van der Waals surface area contributed by atoms with Crippen molar-refractivity contribution in [2.24, 2.45) is 17.1 Å². The lowest BCUT2D eigenvalue weighted by molar-refractivity contribution is 0.172. The number of hydrogen-bond donors (Lipinski definition) is 1. The molecule has 1 aliphatic carbocycles. The fourth-order valence-corrected chi connectivity index (χ4v) is 1.81. The Hall–Kier alpha value is -0.0400. The third-order valence-electron chi connectivity index (χ3n) is 3.33. The van der Waals surface area contributed by atoms with Crippen molar-refractivity contribution in [3.05, 3.63) is 0 Å². The molecule has 0 spiro atoms. The molecule has 0 aliphatic heterocycles. The molecule has 0 amide bonds. The fraction of sp³-hybridized carbons (Fsp3) is 1.00. The van der Waals surface area contributed by atoms with Crippen molar-refractivity contribution in [3.8, 4) is 0 Å². The molecule has 12 heavy (non-hydrogen) atoms. The van der Waals surface area contributed by atoms with Gasteiger partial charge < -0.3 is 5.73 Å². The van der Waals surface area contributed by atoms with Crippen LogP contribution in [0.4, 0.5) is 0 Å². The topological polar surface area (TPSA) is 26.0 Å². The van der Waals surface area contributed by atoms with Crippen LogP contribution in [0.25, 0.3) is 0 Å². The van der Waals surface area contributed by atoms with E-state index >= 15 is 0 Å². The summed E-state index contributed by atoms with van der Waals surface area (Å²) >= 11 is 0. The smallest absolute Gasteiger partial charge is 0.0195 e. The van der Waals surface area contributed by atoms with Crippen molar-refractivity contribution in [1.29, 1.82) is 0 Å². The molecule has 2 N–H and O–H groups in total.